The van der Waals surface area contributed by atoms with E-state index in [1.165, 1.54) is 5.56 Å². The Morgan fingerprint density at radius 2 is 1.44 bits per heavy atom. The molecule has 0 unspecified atom stereocenters. The van der Waals surface area contributed by atoms with Crippen molar-refractivity contribution < 1.29 is 23.1 Å². The lowest BCUT2D eigenvalue weighted by atomic mass is 9.84. The largest absolute Gasteiger partial charge is 0.481 e. The van der Waals surface area contributed by atoms with E-state index < -0.39 is 16.0 Å². The van der Waals surface area contributed by atoms with Crippen LogP contribution in [0.4, 0.5) is 0 Å². The Hall–Kier alpha value is -3.49. The van der Waals surface area contributed by atoms with E-state index in [9.17, 15) is 18.0 Å². The van der Waals surface area contributed by atoms with Crippen molar-refractivity contribution in [3.63, 3.8) is 0 Å². The summed E-state index contributed by atoms with van der Waals surface area (Å²) >= 11 is 0. The number of hydrogen-bond acceptors (Lipinski definition) is 4. The Bertz CT molecular complexity index is 1430. The zero-order valence-corrected chi connectivity index (χ0v) is 24.1. The van der Waals surface area contributed by atoms with Crippen molar-refractivity contribution in [1.82, 2.24) is 9.62 Å². The third-order valence-corrected chi connectivity index (χ3v) is 9.98. The van der Waals surface area contributed by atoms with Crippen molar-refractivity contribution in [1.29, 1.82) is 0 Å². The summed E-state index contributed by atoms with van der Waals surface area (Å²) in [6.07, 6.45) is 6.36. The first-order valence-electron chi connectivity index (χ1n) is 14.6. The van der Waals surface area contributed by atoms with Crippen LogP contribution < -0.4 is 4.72 Å². The summed E-state index contributed by atoms with van der Waals surface area (Å²) in [5, 5.41) is 8.86. The van der Waals surface area contributed by atoms with E-state index in [4.69, 9.17) is 5.11 Å². The molecule has 1 saturated carbocycles. The van der Waals surface area contributed by atoms with Crippen LogP contribution in [-0.2, 0) is 26.0 Å². The predicted molar refractivity (Wildman–Crippen MR) is 159 cm³/mol. The van der Waals surface area contributed by atoms with Crippen LogP contribution in [0.2, 0.25) is 0 Å². The van der Waals surface area contributed by atoms with Gasteiger partial charge in [0.15, 0.2) is 0 Å². The van der Waals surface area contributed by atoms with Crippen LogP contribution in [0.3, 0.4) is 0 Å². The third kappa shape index (κ3) is 7.24. The van der Waals surface area contributed by atoms with Gasteiger partial charge in [-0.3, -0.25) is 9.59 Å². The summed E-state index contributed by atoms with van der Waals surface area (Å²) in [5.74, 6) is -0.671. The normalized spacial score (nSPS) is 21.4. The highest BCUT2D eigenvalue weighted by molar-refractivity contribution is 7.89. The van der Waals surface area contributed by atoms with Gasteiger partial charge in [0, 0.05) is 24.9 Å². The number of piperidine rings is 1. The van der Waals surface area contributed by atoms with Crippen LogP contribution in [-0.4, -0.2) is 42.9 Å². The number of benzene rings is 3. The van der Waals surface area contributed by atoms with Gasteiger partial charge in [0.2, 0.25) is 15.9 Å². The summed E-state index contributed by atoms with van der Waals surface area (Å²) in [7, 11) is -3.69. The first-order valence-corrected chi connectivity index (χ1v) is 16.1. The Kier molecular flexibility index (Phi) is 9.20. The number of carbonyl (C=O) groups is 2. The highest BCUT2D eigenvalue weighted by atomic mass is 32.2. The Labute approximate surface area is 242 Å². The van der Waals surface area contributed by atoms with Crippen molar-refractivity contribution in [3.8, 4) is 11.1 Å². The van der Waals surface area contributed by atoms with Crippen molar-refractivity contribution in [3.05, 3.63) is 90.0 Å². The number of carboxylic acids is 1. The molecule has 1 heterocycles. The van der Waals surface area contributed by atoms with Gasteiger partial charge in [0.25, 0.3) is 0 Å². The molecule has 0 radical (unpaired) electrons. The van der Waals surface area contributed by atoms with Crippen molar-refractivity contribution in [2.24, 2.45) is 5.92 Å². The number of carboxylic acid groups (broad SMARTS) is 1. The zero-order valence-electron chi connectivity index (χ0n) is 23.2. The van der Waals surface area contributed by atoms with Gasteiger partial charge in [-0.25, -0.2) is 13.1 Å². The van der Waals surface area contributed by atoms with Crippen LogP contribution in [0.5, 0.6) is 0 Å². The summed E-state index contributed by atoms with van der Waals surface area (Å²) in [4.78, 5) is 26.6. The van der Waals surface area contributed by atoms with E-state index in [0.717, 1.165) is 42.5 Å². The van der Waals surface area contributed by atoms with E-state index in [1.54, 1.807) is 24.3 Å². The molecule has 2 N–H and O–H groups in total. The summed E-state index contributed by atoms with van der Waals surface area (Å²) in [6.45, 7) is 0.788. The first-order chi connectivity index (χ1) is 19.8. The Morgan fingerprint density at radius 3 is 2.07 bits per heavy atom. The van der Waals surface area contributed by atoms with E-state index in [0.29, 0.717) is 32.1 Å². The van der Waals surface area contributed by atoms with Crippen molar-refractivity contribution in [2.75, 3.05) is 6.54 Å². The van der Waals surface area contributed by atoms with Crippen LogP contribution in [0.15, 0.2) is 83.8 Å². The maximum absolute atomic E-state index is 13.5. The number of aryl methyl sites for hydroxylation is 1. The minimum absolute atomic E-state index is 0.0603. The molecule has 7 nitrogen and oxygen atoms in total. The second-order valence-corrected chi connectivity index (χ2v) is 13.0. The number of sulfonamides is 1. The zero-order chi connectivity index (χ0) is 28.8. The maximum Gasteiger partial charge on any atom is 0.303 e. The quantitative estimate of drug-likeness (QED) is 0.328. The minimum Gasteiger partial charge on any atom is -0.481 e. The minimum atomic E-state index is -3.69. The molecule has 41 heavy (non-hydrogen) atoms. The van der Waals surface area contributed by atoms with Gasteiger partial charge in [-0.15, -0.1) is 0 Å². The Balaban J connectivity index is 1.16. The molecule has 1 aliphatic carbocycles. The molecule has 8 heteroatoms. The molecular formula is C33H38N2O5S. The molecule has 2 aliphatic rings. The molecule has 5 rings (SSSR count). The predicted octanol–water partition coefficient (Wildman–Crippen LogP) is 5.96. The molecule has 0 aromatic heterocycles. The molecule has 216 valence electrons. The standard InChI is InChI=1S/C33H38N2O5S/c36-32(37)22-11-24-9-12-25(13-10-24)26-16-20-30(21-17-26)41(39,40)34-29-18-14-28(15-19-29)33(38)35-23-5-4-8-31(35)27-6-2-1-3-7-27/h1-3,6-7,9-10,12-13,16-17,20-21,28-29,31,34H,4-5,8,11,14-15,18-19,22-23H2,(H,36,37)/t28-,29-,31-/m1/s1. The smallest absolute Gasteiger partial charge is 0.303 e. The molecule has 1 saturated heterocycles. The van der Waals surface area contributed by atoms with E-state index in [-0.39, 0.29) is 35.2 Å². The third-order valence-electron chi connectivity index (χ3n) is 8.45. The van der Waals surface area contributed by atoms with E-state index >= 15 is 0 Å². The molecule has 1 amide bonds. The molecule has 2 fully saturated rings. The monoisotopic (exact) mass is 574 g/mol. The summed E-state index contributed by atoms with van der Waals surface area (Å²) in [5.41, 5.74) is 3.97. The number of rotatable bonds is 9. The van der Waals surface area contributed by atoms with E-state index in [1.807, 2.05) is 42.5 Å². The maximum atomic E-state index is 13.5. The second-order valence-electron chi connectivity index (χ2n) is 11.2. The van der Waals surface area contributed by atoms with Gasteiger partial charge < -0.3 is 10.0 Å². The van der Waals surface area contributed by atoms with Crippen LogP contribution >= 0.6 is 0 Å². The van der Waals surface area contributed by atoms with Gasteiger partial charge in [0.05, 0.1) is 10.9 Å². The lowest BCUT2D eigenvalue weighted by Crippen LogP contribution is -2.45. The summed E-state index contributed by atoms with van der Waals surface area (Å²) in [6, 6.07) is 24.7. The molecule has 3 aromatic carbocycles. The number of hydrogen-bond donors (Lipinski definition) is 2. The average molecular weight is 575 g/mol. The fraction of sp³-hybridized carbons (Fsp3) is 0.394. The fourth-order valence-electron chi connectivity index (χ4n) is 6.14. The Morgan fingerprint density at radius 1 is 0.805 bits per heavy atom. The summed E-state index contributed by atoms with van der Waals surface area (Å²) < 4.78 is 29.2. The second kappa shape index (κ2) is 13.0. The molecule has 3 aromatic rings. The lowest BCUT2D eigenvalue weighted by molar-refractivity contribution is -0.140. The van der Waals surface area contributed by atoms with E-state index in [2.05, 4.69) is 21.8 Å². The average Bonchev–Trinajstić information content (AvgIpc) is 3.00. The fourth-order valence-corrected chi connectivity index (χ4v) is 7.44. The SMILES string of the molecule is O=C(O)CCc1ccc(-c2ccc(S(=O)(=O)N[C@H]3CC[C@H](C(=O)N4CCCC[C@@H]4c4ccccc4)CC3)cc2)cc1. The molecule has 1 atom stereocenters. The van der Waals surface area contributed by atoms with Crippen LogP contribution in [0, 0.1) is 5.92 Å². The van der Waals surface area contributed by atoms with Gasteiger partial charge in [-0.05, 0) is 85.8 Å². The van der Waals surface area contributed by atoms with Crippen molar-refractivity contribution in [2.45, 2.75) is 74.8 Å². The molecule has 0 spiro atoms. The number of amides is 1. The number of aliphatic carboxylic acids is 1. The van der Waals surface area contributed by atoms with Gasteiger partial charge in [-0.2, -0.15) is 0 Å². The first kappa shape index (κ1) is 29.0. The number of nitrogens with one attached hydrogen (secondary N) is 1. The highest BCUT2D eigenvalue weighted by Gasteiger charge is 2.35. The van der Waals surface area contributed by atoms with Gasteiger partial charge in [-0.1, -0.05) is 66.7 Å². The number of nitrogens with zero attached hydrogens (tertiary/aromatic N) is 1. The number of likely N-dealkylation sites (tertiary alicyclic amines) is 1. The molecular weight excluding hydrogens is 536 g/mol. The lowest BCUT2D eigenvalue weighted by Gasteiger charge is -2.39. The highest BCUT2D eigenvalue weighted by Crippen LogP contribution is 2.35. The van der Waals surface area contributed by atoms with Crippen molar-refractivity contribution >= 4 is 21.9 Å². The van der Waals surface area contributed by atoms with Crippen LogP contribution in [0.25, 0.3) is 11.1 Å². The van der Waals surface area contributed by atoms with Gasteiger partial charge >= 0.3 is 5.97 Å². The van der Waals surface area contributed by atoms with Crippen LogP contribution in [0.1, 0.15) is 68.5 Å². The van der Waals surface area contributed by atoms with Gasteiger partial charge in [0.1, 0.15) is 0 Å². The number of carbonyl (C=O) groups excluding carboxylic acids is 1. The molecule has 0 bridgehead atoms. The molecule has 1 aliphatic heterocycles. The topological polar surface area (TPSA) is 104 Å².